The number of carboxylic acids is 1. The number of amides is 1. The molecule has 0 spiro atoms. The minimum absolute atomic E-state index is 0.00948. The number of aliphatic imine (C=N–C) groups is 1. The Hall–Kier alpha value is -6.62. The van der Waals surface area contributed by atoms with E-state index >= 15 is 8.78 Å². The molecule has 2 aliphatic heterocycles. The van der Waals surface area contributed by atoms with Gasteiger partial charge in [-0.05, 0) is 43.7 Å². The lowest BCUT2D eigenvalue weighted by atomic mass is 10.1. The van der Waals surface area contributed by atoms with Gasteiger partial charge in [0.2, 0.25) is 11.2 Å². The van der Waals surface area contributed by atoms with Gasteiger partial charge in [0.25, 0.3) is 11.9 Å². The van der Waals surface area contributed by atoms with E-state index in [4.69, 9.17) is 19.9 Å². The first-order chi connectivity index (χ1) is 27.4. The van der Waals surface area contributed by atoms with Gasteiger partial charge in [-0.2, -0.15) is 4.98 Å². The zero-order valence-electron chi connectivity index (χ0n) is 31.9. The number of aromatic carboxylic acids is 1. The van der Waals surface area contributed by atoms with Crippen LogP contribution < -0.4 is 35.2 Å². The normalized spacial score (nSPS) is 16.4. The molecular formula is C40H40F2N8O7. The standard InChI is InChI=1S/C40H40F2N8O7/c1-6-47-19-26(39(53)54)35(51)25-16-27(41)34(31(42)33(25)47)48-11-12-49(21(2)18-48)20-50-28-10-8-7-9-24(28)32(38(50)52)45-40-44-17-23(37(43)46-40)13-22-14-29(55-3)36(57-5)30(15-22)56-4/h7-10,14-17,19,21H,6,11-13,18,20H2,1-5H3,(H,53,54)(H2,43,44,46)/b45-32-. The van der Waals surface area contributed by atoms with E-state index in [0.29, 0.717) is 47.0 Å². The van der Waals surface area contributed by atoms with Crippen molar-refractivity contribution in [2.75, 3.05) is 63.2 Å². The quantitative estimate of drug-likeness (QED) is 0.190. The van der Waals surface area contributed by atoms with Crippen LogP contribution in [-0.2, 0) is 17.8 Å². The van der Waals surface area contributed by atoms with Gasteiger partial charge in [-0.25, -0.2) is 23.6 Å². The van der Waals surface area contributed by atoms with Crippen molar-refractivity contribution >= 4 is 51.6 Å². The van der Waals surface area contributed by atoms with Gasteiger partial charge in [0.15, 0.2) is 17.3 Å². The third kappa shape index (κ3) is 6.94. The molecule has 2 aromatic heterocycles. The third-order valence-electron chi connectivity index (χ3n) is 10.3. The molecule has 3 aromatic carbocycles. The van der Waals surface area contributed by atoms with E-state index < -0.39 is 28.6 Å². The molecule has 5 aromatic rings. The van der Waals surface area contributed by atoms with Gasteiger partial charge in [-0.1, -0.05) is 18.2 Å². The molecule has 1 amide bonds. The lowest BCUT2D eigenvalue weighted by Gasteiger charge is -2.42. The highest BCUT2D eigenvalue weighted by Gasteiger charge is 2.37. The summed E-state index contributed by atoms with van der Waals surface area (Å²) in [5.41, 5.74) is 7.19. The number of nitrogen functional groups attached to an aromatic ring is 1. The first kappa shape index (κ1) is 38.6. The number of carboxylic acid groups (broad SMARTS) is 1. The van der Waals surface area contributed by atoms with Crippen molar-refractivity contribution in [3.63, 3.8) is 0 Å². The van der Waals surface area contributed by atoms with Crippen LogP contribution >= 0.6 is 0 Å². The van der Waals surface area contributed by atoms with Gasteiger partial charge < -0.3 is 34.5 Å². The predicted molar refractivity (Wildman–Crippen MR) is 209 cm³/mol. The summed E-state index contributed by atoms with van der Waals surface area (Å²) in [7, 11) is 4.59. The highest BCUT2D eigenvalue weighted by molar-refractivity contribution is 6.54. The molecule has 7 rings (SSSR count). The van der Waals surface area contributed by atoms with Gasteiger partial charge in [-0.15, -0.1) is 0 Å². The lowest BCUT2D eigenvalue weighted by Crippen LogP contribution is -2.56. The number of benzene rings is 3. The number of nitrogens with zero attached hydrogens (tertiary/aromatic N) is 7. The number of ether oxygens (including phenoxy) is 3. The van der Waals surface area contributed by atoms with E-state index in [1.807, 2.05) is 36.1 Å². The minimum Gasteiger partial charge on any atom is -0.493 e. The maximum absolute atomic E-state index is 16.2. The molecule has 57 heavy (non-hydrogen) atoms. The Morgan fingerprint density at radius 3 is 2.40 bits per heavy atom. The number of para-hydroxylation sites is 1. The Balaban J connectivity index is 1.10. The first-order valence-corrected chi connectivity index (χ1v) is 18.1. The molecule has 1 unspecified atom stereocenters. The number of aromatic nitrogens is 3. The van der Waals surface area contributed by atoms with E-state index in [1.165, 1.54) is 25.9 Å². The zero-order valence-corrected chi connectivity index (χ0v) is 31.9. The van der Waals surface area contributed by atoms with Crippen LogP contribution in [0.2, 0.25) is 0 Å². The van der Waals surface area contributed by atoms with Crippen LogP contribution in [0, 0.1) is 11.6 Å². The molecule has 0 saturated carbocycles. The number of anilines is 3. The average Bonchev–Trinajstić information content (AvgIpc) is 3.45. The number of carbonyl (C=O) groups is 2. The summed E-state index contributed by atoms with van der Waals surface area (Å²) in [5.74, 6) is -2.13. The van der Waals surface area contributed by atoms with E-state index in [2.05, 4.69) is 15.0 Å². The monoisotopic (exact) mass is 782 g/mol. The molecule has 17 heteroatoms. The second-order valence-corrected chi connectivity index (χ2v) is 13.6. The highest BCUT2D eigenvalue weighted by atomic mass is 19.1. The second kappa shape index (κ2) is 15.5. The van der Waals surface area contributed by atoms with E-state index in [9.17, 15) is 19.5 Å². The Morgan fingerprint density at radius 1 is 1.05 bits per heavy atom. The molecule has 296 valence electrons. The highest BCUT2D eigenvalue weighted by Crippen LogP contribution is 2.39. The summed E-state index contributed by atoms with van der Waals surface area (Å²) in [4.78, 5) is 57.1. The fourth-order valence-corrected chi connectivity index (χ4v) is 7.43. The van der Waals surface area contributed by atoms with Crippen molar-refractivity contribution in [2.45, 2.75) is 32.9 Å². The summed E-state index contributed by atoms with van der Waals surface area (Å²) in [5, 5.41) is 9.14. The van der Waals surface area contributed by atoms with Crippen molar-refractivity contribution in [3.8, 4) is 17.2 Å². The molecule has 2 aliphatic rings. The molecular weight excluding hydrogens is 742 g/mol. The number of hydrogen-bond acceptors (Lipinski definition) is 12. The number of fused-ring (bicyclic) bond motifs is 2. The number of rotatable bonds is 11. The molecule has 0 aliphatic carbocycles. The molecule has 0 bridgehead atoms. The Kier molecular flexibility index (Phi) is 10.5. The van der Waals surface area contributed by atoms with Gasteiger partial charge in [-0.3, -0.25) is 19.4 Å². The summed E-state index contributed by atoms with van der Waals surface area (Å²) >= 11 is 0. The average molecular weight is 783 g/mol. The van der Waals surface area contributed by atoms with Crippen LogP contribution in [0.1, 0.15) is 40.9 Å². The van der Waals surface area contributed by atoms with Crippen molar-refractivity contribution in [2.24, 2.45) is 4.99 Å². The van der Waals surface area contributed by atoms with Crippen molar-refractivity contribution in [3.05, 3.63) is 99.0 Å². The van der Waals surface area contributed by atoms with Crippen molar-refractivity contribution in [1.29, 1.82) is 0 Å². The van der Waals surface area contributed by atoms with E-state index in [1.54, 1.807) is 35.1 Å². The number of carbonyl (C=O) groups excluding carboxylic acids is 1. The van der Waals surface area contributed by atoms with Gasteiger partial charge in [0.05, 0.1) is 44.6 Å². The number of hydrogen-bond donors (Lipinski definition) is 2. The number of pyridine rings is 1. The molecule has 3 N–H and O–H groups in total. The van der Waals surface area contributed by atoms with Gasteiger partial charge in [0.1, 0.15) is 28.6 Å². The SMILES string of the molecule is CCn1cc(C(=O)O)c(=O)c2cc(F)c(N3CCN(CN4C(=O)/C(=N\c5ncc(Cc6cc(OC)c(OC)c(OC)c6)c(N)n5)c5ccccc54)C(C)C3)c(F)c21. The van der Waals surface area contributed by atoms with Crippen LogP contribution in [0.4, 0.5) is 31.9 Å². The van der Waals surface area contributed by atoms with Crippen LogP contribution in [0.5, 0.6) is 17.2 Å². The molecule has 1 fully saturated rings. The fraction of sp³-hybridized carbons (Fsp3) is 0.300. The van der Waals surface area contributed by atoms with Crippen LogP contribution in [0.15, 0.2) is 64.6 Å². The number of methoxy groups -OCH3 is 3. The predicted octanol–water partition coefficient (Wildman–Crippen LogP) is 4.62. The minimum atomic E-state index is -1.48. The zero-order chi connectivity index (χ0) is 40.7. The smallest absolute Gasteiger partial charge is 0.341 e. The molecule has 1 atom stereocenters. The lowest BCUT2D eigenvalue weighted by molar-refractivity contribution is -0.112. The Bertz CT molecular complexity index is 2500. The van der Waals surface area contributed by atoms with E-state index in [0.717, 1.165) is 17.8 Å². The Labute approximate surface area is 325 Å². The second-order valence-electron chi connectivity index (χ2n) is 13.6. The summed E-state index contributed by atoms with van der Waals surface area (Å²) < 4.78 is 49.5. The first-order valence-electron chi connectivity index (χ1n) is 18.1. The Morgan fingerprint density at radius 2 is 1.77 bits per heavy atom. The number of piperazine rings is 1. The largest absolute Gasteiger partial charge is 0.493 e. The maximum atomic E-state index is 16.2. The van der Waals surface area contributed by atoms with Crippen molar-refractivity contribution < 1.29 is 37.7 Å². The fourth-order valence-electron chi connectivity index (χ4n) is 7.43. The molecule has 0 radical (unpaired) electrons. The molecule has 4 heterocycles. The number of aryl methyl sites for hydroxylation is 1. The summed E-state index contributed by atoms with van der Waals surface area (Å²) in [6.07, 6.45) is 3.00. The van der Waals surface area contributed by atoms with Crippen LogP contribution in [-0.4, -0.2) is 95.8 Å². The topological polar surface area (TPSA) is 178 Å². The van der Waals surface area contributed by atoms with Crippen LogP contribution in [0.3, 0.4) is 0 Å². The summed E-state index contributed by atoms with van der Waals surface area (Å²) in [6, 6.07) is 11.5. The van der Waals surface area contributed by atoms with Crippen molar-refractivity contribution in [1.82, 2.24) is 19.4 Å². The van der Waals surface area contributed by atoms with E-state index in [-0.39, 0.29) is 72.3 Å². The van der Waals surface area contributed by atoms with Crippen LogP contribution in [0.25, 0.3) is 10.9 Å². The number of halogens is 2. The summed E-state index contributed by atoms with van der Waals surface area (Å²) in [6.45, 7) is 4.62. The van der Waals surface area contributed by atoms with Gasteiger partial charge >= 0.3 is 5.97 Å². The molecule has 15 nitrogen and oxygen atoms in total. The maximum Gasteiger partial charge on any atom is 0.341 e. The third-order valence-corrected chi connectivity index (χ3v) is 10.3. The van der Waals surface area contributed by atoms with Gasteiger partial charge in [0, 0.05) is 62.2 Å². The molecule has 1 saturated heterocycles. The number of nitrogens with two attached hydrogens (primary N) is 1.